The highest BCUT2D eigenvalue weighted by Gasteiger charge is 2.70. The molecule has 0 spiro atoms. The molecule has 1 saturated heterocycles. The highest BCUT2D eigenvalue weighted by atomic mass is 16.7. The number of piperidine rings is 1. The van der Waals surface area contributed by atoms with E-state index in [0.717, 1.165) is 0 Å². The van der Waals surface area contributed by atoms with Crippen LogP contribution >= 0.6 is 0 Å². The maximum Gasteiger partial charge on any atom is 0.508 e. The zero-order valence-electron chi connectivity index (χ0n) is 29.2. The van der Waals surface area contributed by atoms with Crippen molar-refractivity contribution < 1.29 is 38.2 Å². The van der Waals surface area contributed by atoms with Crippen molar-refractivity contribution in [1.29, 1.82) is 0 Å². The molecule has 0 radical (unpaired) electrons. The normalized spacial score (nSPS) is 21.7. The standard InChI is InChI=1S/C33H55N5O8/c1-12-14-21(25(39)28(41)34-15-13-2)35-27(40)24-23-20(33(23,10)11)16-38(24)29(42)26(32(7,8)9)37-30(43)36-22(18(3)4)17-45-31(44)46-19(5)6/h13,18-24,26H,2,12,14-17H2,1,3-11H3,(H,34,41)(H,35,40)(H2,36,37,43)/t20?,21?,22-,23+,24+,26-/m1/s1. The van der Waals surface area contributed by atoms with Crippen LogP contribution in [0.5, 0.6) is 0 Å². The summed E-state index contributed by atoms with van der Waals surface area (Å²) in [6.45, 7) is 22.3. The van der Waals surface area contributed by atoms with Crippen LogP contribution in [0, 0.1) is 28.6 Å². The second-order valence-electron chi connectivity index (χ2n) is 14.6. The Balaban J connectivity index is 2.25. The molecule has 13 heteroatoms. The van der Waals surface area contributed by atoms with E-state index in [1.54, 1.807) is 13.8 Å². The number of rotatable bonds is 15. The lowest BCUT2D eigenvalue weighted by Crippen LogP contribution is -2.62. The monoisotopic (exact) mass is 649 g/mol. The summed E-state index contributed by atoms with van der Waals surface area (Å²) in [6, 6.07) is -4.13. The number of ether oxygens (including phenoxy) is 2. The SMILES string of the molecule is C=CCNC(=O)C(=O)C(CCC)NC(=O)[C@@H]1[C@@H]2C(CN1C(=O)[C@@H](NC(=O)N[C@H](COC(=O)OC(C)C)C(C)C)C(C)(C)C)C2(C)C. The molecule has 2 rings (SSSR count). The first-order valence-electron chi connectivity index (χ1n) is 16.2. The number of likely N-dealkylation sites (tertiary alicyclic amines) is 1. The maximum absolute atomic E-state index is 14.2. The summed E-state index contributed by atoms with van der Waals surface area (Å²) in [7, 11) is 0. The van der Waals surface area contributed by atoms with Gasteiger partial charge in [0.05, 0.1) is 18.2 Å². The van der Waals surface area contributed by atoms with Crippen LogP contribution in [0.25, 0.3) is 0 Å². The van der Waals surface area contributed by atoms with Crippen LogP contribution in [-0.2, 0) is 28.7 Å². The fourth-order valence-corrected chi connectivity index (χ4v) is 5.98. The van der Waals surface area contributed by atoms with E-state index in [9.17, 15) is 28.8 Å². The van der Waals surface area contributed by atoms with Crippen LogP contribution in [0.15, 0.2) is 12.7 Å². The molecule has 6 atom stereocenters. The van der Waals surface area contributed by atoms with Gasteiger partial charge in [-0.2, -0.15) is 0 Å². The van der Waals surface area contributed by atoms with Gasteiger partial charge in [-0.3, -0.25) is 19.2 Å². The largest absolute Gasteiger partial charge is 0.508 e. The van der Waals surface area contributed by atoms with E-state index in [1.807, 2.05) is 55.4 Å². The Labute approximate surface area is 273 Å². The van der Waals surface area contributed by atoms with E-state index < -0.39 is 65.3 Å². The molecular weight excluding hydrogens is 594 g/mol. The van der Waals surface area contributed by atoms with Gasteiger partial charge < -0.3 is 35.6 Å². The van der Waals surface area contributed by atoms with Crippen LogP contribution in [0.3, 0.4) is 0 Å². The molecule has 1 saturated carbocycles. The van der Waals surface area contributed by atoms with Crippen molar-refractivity contribution in [2.75, 3.05) is 19.7 Å². The van der Waals surface area contributed by atoms with E-state index in [-0.39, 0.29) is 48.8 Å². The number of hydrogen-bond acceptors (Lipinski definition) is 8. The summed E-state index contributed by atoms with van der Waals surface area (Å²) in [6.07, 6.45) is 1.06. The Bertz CT molecular complexity index is 1160. The molecule has 2 fully saturated rings. The number of amides is 5. The van der Waals surface area contributed by atoms with Gasteiger partial charge in [0, 0.05) is 13.1 Å². The lowest BCUT2D eigenvalue weighted by Gasteiger charge is -2.38. The van der Waals surface area contributed by atoms with Gasteiger partial charge in [-0.05, 0) is 48.9 Å². The minimum atomic E-state index is -1.05. The number of carbonyl (C=O) groups excluding carboxylic acids is 6. The predicted molar refractivity (Wildman–Crippen MR) is 172 cm³/mol. The molecule has 13 nitrogen and oxygen atoms in total. The summed E-state index contributed by atoms with van der Waals surface area (Å²) in [5.74, 6) is -2.70. The molecule has 1 aliphatic heterocycles. The molecule has 4 N–H and O–H groups in total. The second kappa shape index (κ2) is 15.8. The van der Waals surface area contributed by atoms with Crippen molar-refractivity contribution >= 4 is 35.7 Å². The summed E-state index contributed by atoms with van der Waals surface area (Å²) in [5.41, 5.74) is -0.944. The van der Waals surface area contributed by atoms with Gasteiger partial charge in [-0.25, -0.2) is 9.59 Å². The molecule has 0 aromatic carbocycles. The van der Waals surface area contributed by atoms with Gasteiger partial charge in [0.15, 0.2) is 0 Å². The molecule has 2 aliphatic rings. The lowest BCUT2D eigenvalue weighted by atomic mass is 9.85. The molecule has 5 amide bonds. The topological polar surface area (TPSA) is 172 Å². The summed E-state index contributed by atoms with van der Waals surface area (Å²) in [4.78, 5) is 80.0. The Hall–Kier alpha value is -3.64. The molecule has 1 heterocycles. The molecule has 0 bridgehead atoms. The van der Waals surface area contributed by atoms with Crippen molar-refractivity contribution in [2.24, 2.45) is 28.6 Å². The van der Waals surface area contributed by atoms with E-state index in [1.165, 1.54) is 11.0 Å². The van der Waals surface area contributed by atoms with Crippen LogP contribution in [0.2, 0.25) is 0 Å². The number of nitrogens with one attached hydrogen (secondary N) is 4. The number of ketones is 1. The van der Waals surface area contributed by atoms with Crippen LogP contribution in [-0.4, -0.2) is 90.6 Å². The zero-order chi connectivity index (χ0) is 35.1. The number of nitrogens with zero attached hydrogens (tertiary/aromatic N) is 1. The highest BCUT2D eigenvalue weighted by Crippen LogP contribution is 2.65. The average Bonchev–Trinajstić information content (AvgIpc) is 3.26. The highest BCUT2D eigenvalue weighted by molar-refractivity contribution is 6.38. The van der Waals surface area contributed by atoms with Crippen molar-refractivity contribution in [3.05, 3.63) is 12.7 Å². The van der Waals surface area contributed by atoms with E-state index in [4.69, 9.17) is 9.47 Å². The van der Waals surface area contributed by atoms with Crippen molar-refractivity contribution in [2.45, 2.75) is 112 Å². The molecule has 260 valence electrons. The minimum absolute atomic E-state index is 0.0610. The summed E-state index contributed by atoms with van der Waals surface area (Å²) >= 11 is 0. The smallest absolute Gasteiger partial charge is 0.432 e. The van der Waals surface area contributed by atoms with Gasteiger partial charge in [0.1, 0.15) is 18.7 Å². The zero-order valence-corrected chi connectivity index (χ0v) is 29.2. The van der Waals surface area contributed by atoms with E-state index >= 15 is 0 Å². The number of Topliss-reactive ketones (excluding diaryl/α,β-unsaturated/α-hetero) is 1. The third kappa shape index (κ3) is 9.68. The quantitative estimate of drug-likeness (QED) is 0.119. The van der Waals surface area contributed by atoms with Crippen LogP contribution in [0.1, 0.15) is 82.1 Å². The van der Waals surface area contributed by atoms with Crippen molar-refractivity contribution in [3.8, 4) is 0 Å². The van der Waals surface area contributed by atoms with Crippen LogP contribution in [0.4, 0.5) is 9.59 Å². The fraction of sp³-hybridized carbons (Fsp3) is 0.758. The molecular formula is C33H55N5O8. The number of carbonyl (C=O) groups is 6. The average molecular weight is 650 g/mol. The second-order valence-corrected chi connectivity index (χ2v) is 14.6. The Morgan fingerprint density at radius 1 is 1.02 bits per heavy atom. The van der Waals surface area contributed by atoms with Gasteiger partial charge in [0.25, 0.3) is 5.91 Å². The van der Waals surface area contributed by atoms with Crippen molar-refractivity contribution in [3.63, 3.8) is 0 Å². The first-order valence-corrected chi connectivity index (χ1v) is 16.2. The molecule has 0 aromatic heterocycles. The lowest BCUT2D eigenvalue weighted by molar-refractivity contribution is -0.145. The summed E-state index contributed by atoms with van der Waals surface area (Å²) < 4.78 is 10.2. The predicted octanol–water partition coefficient (Wildman–Crippen LogP) is 2.93. The maximum atomic E-state index is 14.2. The van der Waals surface area contributed by atoms with Gasteiger partial charge in [0.2, 0.25) is 17.6 Å². The molecule has 1 aliphatic carbocycles. The van der Waals surface area contributed by atoms with Gasteiger partial charge >= 0.3 is 12.2 Å². The van der Waals surface area contributed by atoms with Crippen LogP contribution < -0.4 is 21.3 Å². The Kier molecular flexibility index (Phi) is 13.2. The number of fused-ring (bicyclic) bond motifs is 1. The first kappa shape index (κ1) is 38.5. The third-order valence-corrected chi connectivity index (χ3v) is 8.82. The van der Waals surface area contributed by atoms with Gasteiger partial charge in [-0.15, -0.1) is 6.58 Å². The molecule has 46 heavy (non-hydrogen) atoms. The molecule has 2 unspecified atom stereocenters. The van der Waals surface area contributed by atoms with E-state index in [2.05, 4.69) is 27.8 Å². The summed E-state index contributed by atoms with van der Waals surface area (Å²) in [5, 5.41) is 10.8. The Morgan fingerprint density at radius 2 is 1.65 bits per heavy atom. The number of urea groups is 1. The number of hydrogen-bond donors (Lipinski definition) is 4. The Morgan fingerprint density at radius 3 is 2.17 bits per heavy atom. The molecule has 0 aromatic rings. The van der Waals surface area contributed by atoms with E-state index in [0.29, 0.717) is 13.0 Å². The minimum Gasteiger partial charge on any atom is -0.432 e. The fourth-order valence-electron chi connectivity index (χ4n) is 5.98. The first-order chi connectivity index (χ1) is 21.3. The van der Waals surface area contributed by atoms with Crippen molar-refractivity contribution in [1.82, 2.24) is 26.2 Å². The van der Waals surface area contributed by atoms with Gasteiger partial charge in [-0.1, -0.05) is 67.9 Å². The third-order valence-electron chi connectivity index (χ3n) is 8.82.